The van der Waals surface area contributed by atoms with E-state index in [-0.39, 0.29) is 22.0 Å². The quantitative estimate of drug-likeness (QED) is 0.333. The van der Waals surface area contributed by atoms with Crippen molar-refractivity contribution >= 4 is 34.9 Å². The summed E-state index contributed by atoms with van der Waals surface area (Å²) in [4.78, 5) is 47.8. The van der Waals surface area contributed by atoms with Crippen molar-refractivity contribution in [2.45, 2.75) is 26.1 Å². The van der Waals surface area contributed by atoms with Crippen molar-refractivity contribution in [1.29, 1.82) is 0 Å². The van der Waals surface area contributed by atoms with Gasteiger partial charge in [-0.25, -0.2) is 14.8 Å². The molecule has 0 saturated carbocycles. The number of halogens is 3. The predicted molar refractivity (Wildman–Crippen MR) is 125 cm³/mol. The summed E-state index contributed by atoms with van der Waals surface area (Å²) in [6.45, 7) is 2.93. The highest BCUT2D eigenvalue weighted by atomic mass is 32.1. The SMILES string of the molecule is CCNC(=O)Nc1cc(-c2nc(C(F)(F)F)cs2)c(-c2cncc(C(=O)CNC(=O)C(C)O)c2)cn1. The van der Waals surface area contributed by atoms with Crippen LogP contribution in [0.1, 0.15) is 29.9 Å². The first kappa shape index (κ1) is 26.7. The summed E-state index contributed by atoms with van der Waals surface area (Å²) in [6.07, 6.45) is -1.95. The third-order valence-electron chi connectivity index (χ3n) is 4.68. The number of aromatic nitrogens is 3. The van der Waals surface area contributed by atoms with E-state index in [0.29, 0.717) is 17.7 Å². The third-order valence-corrected chi connectivity index (χ3v) is 5.56. The van der Waals surface area contributed by atoms with Crippen LogP contribution in [0, 0.1) is 0 Å². The number of Topliss-reactive ketones (excluding diaryl/α,β-unsaturated/α-hetero) is 1. The van der Waals surface area contributed by atoms with Gasteiger partial charge in [-0.1, -0.05) is 0 Å². The van der Waals surface area contributed by atoms with Crippen molar-refractivity contribution < 1.29 is 32.7 Å². The van der Waals surface area contributed by atoms with E-state index in [1.165, 1.54) is 37.6 Å². The summed E-state index contributed by atoms with van der Waals surface area (Å²) in [6, 6.07) is 2.27. The number of hydrogen-bond acceptors (Lipinski definition) is 8. The zero-order valence-electron chi connectivity index (χ0n) is 19.0. The van der Waals surface area contributed by atoms with E-state index >= 15 is 0 Å². The topological polar surface area (TPSA) is 146 Å². The lowest BCUT2D eigenvalue weighted by molar-refractivity contribution is -0.140. The number of urea groups is 1. The zero-order chi connectivity index (χ0) is 26.5. The number of hydrogen-bond donors (Lipinski definition) is 4. The highest BCUT2D eigenvalue weighted by Gasteiger charge is 2.34. The van der Waals surface area contributed by atoms with Crippen LogP contribution in [0.25, 0.3) is 21.7 Å². The first-order chi connectivity index (χ1) is 17.0. The molecule has 0 saturated heterocycles. The van der Waals surface area contributed by atoms with Crippen molar-refractivity contribution in [3.05, 3.63) is 47.4 Å². The highest BCUT2D eigenvalue weighted by molar-refractivity contribution is 7.13. The normalized spacial score (nSPS) is 12.1. The maximum atomic E-state index is 13.2. The fraction of sp³-hybridized carbons (Fsp3) is 0.273. The summed E-state index contributed by atoms with van der Waals surface area (Å²) >= 11 is 0.755. The van der Waals surface area contributed by atoms with E-state index < -0.39 is 42.2 Å². The fourth-order valence-corrected chi connectivity index (χ4v) is 3.79. The molecular formula is C22H21F3N6O4S. The van der Waals surface area contributed by atoms with Crippen LogP contribution in [0.15, 0.2) is 36.1 Å². The van der Waals surface area contributed by atoms with Gasteiger partial charge in [0, 0.05) is 52.8 Å². The number of rotatable bonds is 8. The molecule has 0 radical (unpaired) electrons. The van der Waals surface area contributed by atoms with E-state index in [2.05, 4.69) is 30.9 Å². The van der Waals surface area contributed by atoms with Gasteiger partial charge in [0.1, 0.15) is 16.9 Å². The molecule has 1 unspecified atom stereocenters. The van der Waals surface area contributed by atoms with Crippen molar-refractivity contribution in [3.8, 4) is 21.7 Å². The Morgan fingerprint density at radius 3 is 2.50 bits per heavy atom. The second-order valence-corrected chi connectivity index (χ2v) is 8.27. The minimum Gasteiger partial charge on any atom is -0.384 e. The molecule has 0 fully saturated rings. The summed E-state index contributed by atoms with van der Waals surface area (Å²) in [7, 11) is 0. The molecule has 3 aromatic heterocycles. The Kier molecular flexibility index (Phi) is 8.32. The molecule has 0 spiro atoms. The van der Waals surface area contributed by atoms with E-state index in [9.17, 15) is 32.7 Å². The van der Waals surface area contributed by atoms with Crippen LogP contribution in [0.4, 0.5) is 23.8 Å². The smallest absolute Gasteiger partial charge is 0.384 e. The lowest BCUT2D eigenvalue weighted by Gasteiger charge is -2.12. The number of anilines is 1. The van der Waals surface area contributed by atoms with Gasteiger partial charge in [-0.15, -0.1) is 11.3 Å². The lowest BCUT2D eigenvalue weighted by Crippen LogP contribution is -2.36. The van der Waals surface area contributed by atoms with Crippen molar-refractivity contribution in [2.24, 2.45) is 0 Å². The largest absolute Gasteiger partial charge is 0.434 e. The number of pyridine rings is 2. The number of thiazole rings is 1. The number of amides is 3. The number of aliphatic hydroxyl groups excluding tert-OH is 1. The number of carbonyl (C=O) groups excluding carboxylic acids is 3. The second-order valence-electron chi connectivity index (χ2n) is 7.41. The Morgan fingerprint density at radius 2 is 1.86 bits per heavy atom. The molecule has 0 aliphatic carbocycles. The molecule has 0 bridgehead atoms. The molecule has 3 heterocycles. The third kappa shape index (κ3) is 6.60. The Bertz CT molecular complexity index is 1280. The van der Waals surface area contributed by atoms with Crippen LogP contribution < -0.4 is 16.0 Å². The van der Waals surface area contributed by atoms with Gasteiger partial charge in [0.25, 0.3) is 0 Å². The van der Waals surface area contributed by atoms with Crippen LogP contribution in [0.2, 0.25) is 0 Å². The molecule has 0 aliphatic heterocycles. The molecule has 4 N–H and O–H groups in total. The van der Waals surface area contributed by atoms with Crippen molar-refractivity contribution in [2.75, 3.05) is 18.4 Å². The number of aliphatic hydroxyl groups is 1. The number of ketones is 1. The molecule has 36 heavy (non-hydrogen) atoms. The van der Waals surface area contributed by atoms with Gasteiger partial charge in [-0.05, 0) is 26.0 Å². The molecule has 1 atom stereocenters. The van der Waals surface area contributed by atoms with Crippen LogP contribution in [0.5, 0.6) is 0 Å². The standard InChI is InChI=1S/C22H21F3N6O4S/c1-3-27-21(35)31-18-5-14(20-30-17(10-36-20)22(23,24)25)15(8-28-18)12-4-13(7-26-6-12)16(33)9-29-19(34)11(2)32/h4-8,10-11,32H,3,9H2,1-2H3,(H,29,34)(H2,27,28,31,35). The van der Waals surface area contributed by atoms with Crippen molar-refractivity contribution in [1.82, 2.24) is 25.6 Å². The van der Waals surface area contributed by atoms with Gasteiger partial charge in [0.05, 0.1) is 6.54 Å². The maximum Gasteiger partial charge on any atom is 0.434 e. The molecule has 3 amide bonds. The molecular weight excluding hydrogens is 501 g/mol. The van der Waals surface area contributed by atoms with Gasteiger partial charge in [-0.3, -0.25) is 19.9 Å². The van der Waals surface area contributed by atoms with E-state index in [4.69, 9.17) is 0 Å². The Balaban J connectivity index is 2.00. The molecule has 0 aliphatic rings. The number of nitrogens with one attached hydrogen (secondary N) is 3. The monoisotopic (exact) mass is 522 g/mol. The summed E-state index contributed by atoms with van der Waals surface area (Å²) < 4.78 is 39.5. The van der Waals surface area contributed by atoms with Crippen LogP contribution >= 0.6 is 11.3 Å². The van der Waals surface area contributed by atoms with Crippen LogP contribution in [-0.4, -0.2) is 57.0 Å². The molecule has 3 rings (SSSR count). The average Bonchev–Trinajstić information content (AvgIpc) is 3.33. The van der Waals surface area contributed by atoms with Gasteiger partial charge in [0.15, 0.2) is 11.5 Å². The molecule has 0 aromatic carbocycles. The summed E-state index contributed by atoms with van der Waals surface area (Å²) in [5.74, 6) is -1.15. The minimum absolute atomic E-state index is 0.0135. The number of nitrogens with zero attached hydrogens (tertiary/aromatic N) is 3. The molecule has 14 heteroatoms. The first-order valence-electron chi connectivity index (χ1n) is 10.5. The number of carbonyl (C=O) groups is 3. The zero-order valence-corrected chi connectivity index (χ0v) is 19.8. The van der Waals surface area contributed by atoms with Gasteiger partial charge in [-0.2, -0.15) is 13.2 Å². The Morgan fingerprint density at radius 1 is 1.11 bits per heavy atom. The Labute approximate surface area is 207 Å². The summed E-state index contributed by atoms with van der Waals surface area (Å²) in [5, 5.41) is 17.4. The van der Waals surface area contributed by atoms with Gasteiger partial charge < -0.3 is 15.7 Å². The molecule has 10 nitrogen and oxygen atoms in total. The molecule has 3 aromatic rings. The predicted octanol–water partition coefficient (Wildman–Crippen LogP) is 3.11. The van der Waals surface area contributed by atoms with Crippen LogP contribution in [-0.2, 0) is 11.0 Å². The van der Waals surface area contributed by atoms with E-state index in [0.717, 1.165) is 16.7 Å². The van der Waals surface area contributed by atoms with Gasteiger partial charge in [0.2, 0.25) is 5.91 Å². The fourth-order valence-electron chi connectivity index (χ4n) is 2.94. The van der Waals surface area contributed by atoms with E-state index in [1.54, 1.807) is 6.92 Å². The second kappa shape index (κ2) is 11.2. The lowest BCUT2D eigenvalue weighted by atomic mass is 10.0. The average molecular weight is 523 g/mol. The summed E-state index contributed by atoms with van der Waals surface area (Å²) in [5.41, 5.74) is -0.0669. The van der Waals surface area contributed by atoms with Crippen LogP contribution in [0.3, 0.4) is 0 Å². The molecule has 190 valence electrons. The van der Waals surface area contributed by atoms with Crippen molar-refractivity contribution in [3.63, 3.8) is 0 Å². The van der Waals surface area contributed by atoms with Gasteiger partial charge >= 0.3 is 12.2 Å². The minimum atomic E-state index is -4.64. The van der Waals surface area contributed by atoms with E-state index in [1.807, 2.05) is 0 Å². The first-order valence-corrected chi connectivity index (χ1v) is 11.4. The number of alkyl halides is 3. The maximum absolute atomic E-state index is 13.2. The highest BCUT2D eigenvalue weighted by Crippen LogP contribution is 2.38. The Hall–Kier alpha value is -3.91.